The Balaban J connectivity index is 1.81. The minimum atomic E-state index is -1.62. The van der Waals surface area contributed by atoms with E-state index in [2.05, 4.69) is 0 Å². The quantitative estimate of drug-likeness (QED) is 0.925. The number of hydrogen-bond acceptors (Lipinski definition) is 2. The Morgan fingerprint density at radius 2 is 2.00 bits per heavy atom. The number of benzene rings is 1. The van der Waals surface area contributed by atoms with E-state index in [4.69, 9.17) is 0 Å². The highest BCUT2D eigenvalue weighted by Crippen LogP contribution is 2.31. The number of hydrogen-bond donors (Lipinski definition) is 1. The molecule has 1 aromatic carbocycles. The Morgan fingerprint density at radius 3 is 2.65 bits per heavy atom. The molecule has 1 unspecified atom stereocenters. The third-order valence-electron chi connectivity index (χ3n) is 4.12. The van der Waals surface area contributed by atoms with E-state index in [1.54, 1.807) is 6.08 Å². The molecule has 0 fully saturated rings. The first-order valence-corrected chi connectivity index (χ1v) is 7.48. The minimum Gasteiger partial charge on any atom is -0.478 e. The molecule has 120 valence electrons. The highest BCUT2D eigenvalue weighted by molar-refractivity contribution is 5.90. The maximum Gasteiger partial charge on any atom is 0.333 e. The average Bonchev–Trinajstić information content (AvgIpc) is 2.95. The summed E-state index contributed by atoms with van der Waals surface area (Å²) in [7, 11) is 0. The zero-order chi connectivity index (χ0) is 16.4. The summed E-state index contributed by atoms with van der Waals surface area (Å²) >= 11 is 0. The third kappa shape index (κ3) is 3.40. The van der Waals surface area contributed by atoms with Gasteiger partial charge in [-0.25, -0.2) is 13.6 Å². The molecule has 1 aromatic rings. The van der Waals surface area contributed by atoms with Crippen LogP contribution in [0.3, 0.4) is 0 Å². The number of carboxylic acid groups (broad SMARTS) is 1. The Hall–Kier alpha value is -2.27. The molecule has 2 aliphatic rings. The van der Waals surface area contributed by atoms with Crippen LogP contribution < -0.4 is 0 Å². The van der Waals surface area contributed by atoms with Crippen molar-refractivity contribution in [2.75, 3.05) is 13.1 Å². The van der Waals surface area contributed by atoms with Crippen molar-refractivity contribution >= 4 is 5.97 Å². The molecule has 1 aliphatic carbocycles. The molecule has 5 heteroatoms. The van der Waals surface area contributed by atoms with E-state index in [-0.39, 0.29) is 12.0 Å². The predicted octanol–water partition coefficient (Wildman–Crippen LogP) is 3.41. The molecular weight excluding hydrogens is 300 g/mol. The lowest BCUT2D eigenvalue weighted by Crippen LogP contribution is -2.22. The number of rotatable bonds is 4. The van der Waals surface area contributed by atoms with Crippen LogP contribution in [-0.2, 0) is 11.3 Å². The average molecular weight is 317 g/mol. The Morgan fingerprint density at radius 1 is 1.26 bits per heavy atom. The number of nitrogens with zero attached hydrogens (tertiary/aromatic N) is 1. The van der Waals surface area contributed by atoms with Crippen LogP contribution in [0.4, 0.5) is 8.78 Å². The van der Waals surface area contributed by atoms with Crippen LogP contribution in [0.1, 0.15) is 12.0 Å². The molecule has 0 aromatic heterocycles. The van der Waals surface area contributed by atoms with Crippen LogP contribution in [0.2, 0.25) is 0 Å². The number of halogens is 2. The summed E-state index contributed by atoms with van der Waals surface area (Å²) in [5, 5.41) is 9.42. The van der Waals surface area contributed by atoms with E-state index in [9.17, 15) is 18.7 Å². The summed E-state index contributed by atoms with van der Waals surface area (Å²) in [5.41, 5.74) is 2.41. The van der Waals surface area contributed by atoms with E-state index < -0.39 is 18.0 Å². The summed E-state index contributed by atoms with van der Waals surface area (Å²) in [5.74, 6) is -1.84. The third-order valence-corrected chi connectivity index (χ3v) is 4.12. The number of aliphatic carboxylic acids is 1. The van der Waals surface area contributed by atoms with Crippen LogP contribution in [0.25, 0.3) is 0 Å². The Bertz CT molecular complexity index is 707. The Kier molecular flexibility index (Phi) is 4.39. The molecule has 0 saturated heterocycles. The van der Waals surface area contributed by atoms with Crippen LogP contribution in [-0.4, -0.2) is 35.2 Å². The molecule has 0 radical (unpaired) electrons. The monoisotopic (exact) mass is 317 g/mol. The van der Waals surface area contributed by atoms with Gasteiger partial charge < -0.3 is 5.11 Å². The van der Waals surface area contributed by atoms with Gasteiger partial charge in [-0.05, 0) is 22.8 Å². The van der Waals surface area contributed by atoms with Crippen molar-refractivity contribution in [1.82, 2.24) is 4.90 Å². The molecule has 23 heavy (non-hydrogen) atoms. The van der Waals surface area contributed by atoms with Gasteiger partial charge in [-0.1, -0.05) is 36.4 Å². The molecule has 1 N–H and O–H groups in total. The molecular formula is C18H17F2NO2. The van der Waals surface area contributed by atoms with Gasteiger partial charge in [-0.3, -0.25) is 4.90 Å². The SMILES string of the molecule is O=C(O)C1=C(C2=CCC(F)C(F)=C2)CN(Cc2ccccc2)C1. The zero-order valence-corrected chi connectivity index (χ0v) is 12.5. The molecule has 3 nitrogen and oxygen atoms in total. The fourth-order valence-electron chi connectivity index (χ4n) is 2.96. The molecule has 1 heterocycles. The first kappa shape index (κ1) is 15.6. The van der Waals surface area contributed by atoms with Gasteiger partial charge in [-0.2, -0.15) is 0 Å². The number of carbonyl (C=O) groups is 1. The molecule has 0 spiro atoms. The smallest absolute Gasteiger partial charge is 0.333 e. The van der Waals surface area contributed by atoms with Gasteiger partial charge in [0.25, 0.3) is 0 Å². The zero-order valence-electron chi connectivity index (χ0n) is 12.5. The molecule has 0 bridgehead atoms. The van der Waals surface area contributed by atoms with Gasteiger partial charge in [0.1, 0.15) is 5.83 Å². The largest absolute Gasteiger partial charge is 0.478 e. The summed E-state index contributed by atoms with van der Waals surface area (Å²) in [4.78, 5) is 13.5. The standard InChI is InChI=1S/C18H17F2NO2/c19-16-7-6-13(8-17(16)20)14-10-21(11-15(14)18(22)23)9-12-4-2-1-3-5-12/h1-6,8,16H,7,9-11H2,(H,22,23). The van der Waals surface area contributed by atoms with E-state index >= 15 is 0 Å². The molecule has 1 aliphatic heterocycles. The fourth-order valence-corrected chi connectivity index (χ4v) is 2.96. The van der Waals surface area contributed by atoms with Crippen molar-refractivity contribution in [3.05, 3.63) is 70.6 Å². The van der Waals surface area contributed by atoms with Crippen molar-refractivity contribution in [3.63, 3.8) is 0 Å². The topological polar surface area (TPSA) is 40.5 Å². The van der Waals surface area contributed by atoms with E-state index in [0.29, 0.717) is 30.8 Å². The maximum atomic E-state index is 13.5. The van der Waals surface area contributed by atoms with E-state index in [0.717, 1.165) is 11.6 Å². The molecule has 3 rings (SSSR count). The number of carboxylic acids is 1. The fraction of sp³-hybridized carbons (Fsp3) is 0.278. The van der Waals surface area contributed by atoms with Crippen LogP contribution in [0.5, 0.6) is 0 Å². The van der Waals surface area contributed by atoms with Gasteiger partial charge >= 0.3 is 5.97 Å². The van der Waals surface area contributed by atoms with Crippen molar-refractivity contribution in [2.24, 2.45) is 0 Å². The van der Waals surface area contributed by atoms with Gasteiger partial charge in [0.05, 0.1) is 5.57 Å². The molecule has 1 atom stereocenters. The second-order valence-corrected chi connectivity index (χ2v) is 5.78. The molecule has 0 saturated carbocycles. The van der Waals surface area contributed by atoms with Crippen LogP contribution in [0, 0.1) is 0 Å². The summed E-state index contributed by atoms with van der Waals surface area (Å²) < 4.78 is 26.7. The highest BCUT2D eigenvalue weighted by atomic mass is 19.2. The van der Waals surface area contributed by atoms with Gasteiger partial charge in [-0.15, -0.1) is 0 Å². The van der Waals surface area contributed by atoms with Gasteiger partial charge in [0.2, 0.25) is 0 Å². The minimum absolute atomic E-state index is 0.0489. The lowest BCUT2D eigenvalue weighted by molar-refractivity contribution is -0.132. The highest BCUT2D eigenvalue weighted by Gasteiger charge is 2.29. The van der Waals surface area contributed by atoms with E-state index in [1.165, 1.54) is 0 Å². The van der Waals surface area contributed by atoms with Crippen LogP contribution in [0.15, 0.2) is 65.0 Å². The number of alkyl halides is 1. The van der Waals surface area contributed by atoms with Crippen LogP contribution >= 0.6 is 0 Å². The van der Waals surface area contributed by atoms with Crippen molar-refractivity contribution in [1.29, 1.82) is 0 Å². The normalized spacial score (nSPS) is 22.1. The van der Waals surface area contributed by atoms with Gasteiger partial charge in [0, 0.05) is 26.1 Å². The summed E-state index contributed by atoms with van der Waals surface area (Å²) in [6.45, 7) is 1.33. The van der Waals surface area contributed by atoms with Crippen molar-refractivity contribution in [3.8, 4) is 0 Å². The van der Waals surface area contributed by atoms with E-state index in [1.807, 2.05) is 35.2 Å². The second-order valence-electron chi connectivity index (χ2n) is 5.78. The first-order chi connectivity index (χ1) is 11.0. The lowest BCUT2D eigenvalue weighted by Gasteiger charge is -2.17. The summed E-state index contributed by atoms with van der Waals surface area (Å²) in [6, 6.07) is 9.74. The number of allylic oxidation sites excluding steroid dienone is 3. The Labute approximate surface area is 133 Å². The lowest BCUT2D eigenvalue weighted by atomic mass is 9.96. The maximum absolute atomic E-state index is 13.5. The summed E-state index contributed by atoms with van der Waals surface area (Å²) in [6.07, 6.45) is 1.04. The predicted molar refractivity (Wildman–Crippen MR) is 83.2 cm³/mol. The van der Waals surface area contributed by atoms with Crippen molar-refractivity contribution in [2.45, 2.75) is 19.1 Å². The first-order valence-electron chi connectivity index (χ1n) is 7.48. The van der Waals surface area contributed by atoms with Crippen molar-refractivity contribution < 1.29 is 18.7 Å². The van der Waals surface area contributed by atoms with Gasteiger partial charge in [0.15, 0.2) is 6.17 Å². The second kappa shape index (κ2) is 6.46. The molecule has 0 amide bonds.